The molecular formula is C17H14FN5O3S. The minimum absolute atomic E-state index is 0.168. The fraction of sp³-hybridized carbons (Fsp3) is 0.176. The lowest BCUT2D eigenvalue weighted by molar-refractivity contribution is -0.115. The van der Waals surface area contributed by atoms with Crippen LogP contribution in [0.5, 0.6) is 11.5 Å². The van der Waals surface area contributed by atoms with Crippen LogP contribution in [-0.2, 0) is 4.79 Å². The third kappa shape index (κ3) is 3.70. The van der Waals surface area contributed by atoms with E-state index < -0.39 is 11.1 Å². The molecule has 0 radical (unpaired) electrons. The van der Waals surface area contributed by atoms with Gasteiger partial charge in [-0.15, -0.1) is 5.10 Å². The minimum Gasteiger partial charge on any atom is -0.454 e. The molecule has 1 N–H and O–H groups in total. The van der Waals surface area contributed by atoms with Crippen molar-refractivity contribution in [3.8, 4) is 17.2 Å². The van der Waals surface area contributed by atoms with E-state index in [9.17, 15) is 9.18 Å². The van der Waals surface area contributed by atoms with Crippen molar-refractivity contribution in [1.29, 1.82) is 0 Å². The number of amides is 1. The summed E-state index contributed by atoms with van der Waals surface area (Å²) in [6, 6.07) is 11.1. The molecule has 0 bridgehead atoms. The Balaban J connectivity index is 1.46. The molecule has 0 saturated heterocycles. The average molecular weight is 387 g/mol. The molecule has 1 aliphatic rings. The van der Waals surface area contributed by atoms with Gasteiger partial charge in [0.15, 0.2) is 11.5 Å². The van der Waals surface area contributed by atoms with Crippen molar-refractivity contribution < 1.29 is 18.7 Å². The molecule has 2 aromatic carbocycles. The van der Waals surface area contributed by atoms with Crippen LogP contribution in [0.2, 0.25) is 0 Å². The number of carbonyl (C=O) groups is 1. The van der Waals surface area contributed by atoms with Gasteiger partial charge in [0.1, 0.15) is 5.82 Å². The van der Waals surface area contributed by atoms with Crippen LogP contribution in [0.1, 0.15) is 6.92 Å². The second kappa shape index (κ2) is 7.23. The number of rotatable bonds is 5. The van der Waals surface area contributed by atoms with Crippen molar-refractivity contribution in [1.82, 2.24) is 20.2 Å². The summed E-state index contributed by atoms with van der Waals surface area (Å²) in [5, 5.41) is 14.1. The molecule has 138 valence electrons. The number of tetrazole rings is 1. The van der Waals surface area contributed by atoms with Crippen LogP contribution in [0, 0.1) is 5.82 Å². The van der Waals surface area contributed by atoms with Crippen molar-refractivity contribution in [2.45, 2.75) is 17.3 Å². The molecule has 27 heavy (non-hydrogen) atoms. The monoisotopic (exact) mass is 387 g/mol. The van der Waals surface area contributed by atoms with Crippen molar-refractivity contribution in [3.63, 3.8) is 0 Å². The maximum absolute atomic E-state index is 13.4. The number of hydrogen-bond donors (Lipinski definition) is 1. The number of benzene rings is 2. The van der Waals surface area contributed by atoms with Crippen LogP contribution in [0.25, 0.3) is 5.69 Å². The summed E-state index contributed by atoms with van der Waals surface area (Å²) >= 11 is 1.17. The maximum Gasteiger partial charge on any atom is 0.237 e. The third-order valence-electron chi connectivity index (χ3n) is 3.79. The molecule has 10 heteroatoms. The number of nitrogens with zero attached hydrogens (tertiary/aromatic N) is 4. The smallest absolute Gasteiger partial charge is 0.237 e. The summed E-state index contributed by atoms with van der Waals surface area (Å²) in [5.74, 6) is 0.605. The first-order valence-electron chi connectivity index (χ1n) is 8.01. The predicted octanol–water partition coefficient (Wildman–Crippen LogP) is 2.65. The number of thioether (sulfide) groups is 1. The van der Waals surface area contributed by atoms with Crippen molar-refractivity contribution in [2.75, 3.05) is 12.1 Å². The van der Waals surface area contributed by atoms with Gasteiger partial charge < -0.3 is 14.8 Å². The van der Waals surface area contributed by atoms with Gasteiger partial charge in [-0.2, -0.15) is 4.68 Å². The van der Waals surface area contributed by atoms with Gasteiger partial charge in [-0.05, 0) is 47.7 Å². The molecule has 1 atom stereocenters. The molecule has 0 fully saturated rings. The Morgan fingerprint density at radius 2 is 2.11 bits per heavy atom. The lowest BCUT2D eigenvalue weighted by atomic mass is 10.2. The van der Waals surface area contributed by atoms with E-state index >= 15 is 0 Å². The van der Waals surface area contributed by atoms with Gasteiger partial charge in [0.05, 0.1) is 10.9 Å². The molecule has 0 spiro atoms. The molecule has 8 nitrogen and oxygen atoms in total. The number of halogens is 1. The van der Waals surface area contributed by atoms with Crippen LogP contribution in [0.3, 0.4) is 0 Å². The number of ether oxygens (including phenoxy) is 2. The zero-order chi connectivity index (χ0) is 18.8. The fourth-order valence-electron chi connectivity index (χ4n) is 2.45. The number of hydrogen-bond acceptors (Lipinski definition) is 7. The second-order valence-electron chi connectivity index (χ2n) is 5.67. The SMILES string of the molecule is C[C@H](Sc1nnnn1-c1cccc(F)c1)C(=O)Nc1ccc2c(c1)OCO2. The predicted molar refractivity (Wildman–Crippen MR) is 95.6 cm³/mol. The number of anilines is 1. The van der Waals surface area contributed by atoms with E-state index in [2.05, 4.69) is 20.8 Å². The van der Waals surface area contributed by atoms with E-state index in [1.54, 1.807) is 37.3 Å². The number of nitrogens with one attached hydrogen (secondary N) is 1. The van der Waals surface area contributed by atoms with Gasteiger partial charge in [-0.1, -0.05) is 17.8 Å². The Hall–Kier alpha value is -3.14. The van der Waals surface area contributed by atoms with Crippen molar-refractivity contribution >= 4 is 23.4 Å². The van der Waals surface area contributed by atoms with Gasteiger partial charge >= 0.3 is 0 Å². The van der Waals surface area contributed by atoms with Crippen molar-refractivity contribution in [2.24, 2.45) is 0 Å². The first kappa shape index (κ1) is 17.3. The molecule has 1 amide bonds. The standard InChI is InChI=1S/C17H14FN5O3S/c1-10(16(24)19-12-5-6-14-15(8-12)26-9-25-14)27-17-20-21-22-23(17)13-4-2-3-11(18)7-13/h2-8,10H,9H2,1H3,(H,19,24)/t10-/m0/s1. The highest BCUT2D eigenvalue weighted by atomic mass is 32.2. The highest BCUT2D eigenvalue weighted by Crippen LogP contribution is 2.34. The van der Waals surface area contributed by atoms with Crippen LogP contribution >= 0.6 is 11.8 Å². The average Bonchev–Trinajstić information content (AvgIpc) is 3.30. The minimum atomic E-state index is -0.492. The first-order chi connectivity index (χ1) is 13.1. The maximum atomic E-state index is 13.4. The molecule has 3 aromatic rings. The molecule has 1 aliphatic heterocycles. The third-order valence-corrected chi connectivity index (χ3v) is 4.82. The van der Waals surface area contributed by atoms with E-state index in [-0.39, 0.29) is 12.7 Å². The van der Waals surface area contributed by atoms with Crippen LogP contribution in [-0.4, -0.2) is 38.2 Å². The highest BCUT2D eigenvalue weighted by Gasteiger charge is 2.21. The largest absolute Gasteiger partial charge is 0.454 e. The topological polar surface area (TPSA) is 91.2 Å². The Morgan fingerprint density at radius 1 is 1.26 bits per heavy atom. The quantitative estimate of drug-likeness (QED) is 0.673. The van der Waals surface area contributed by atoms with E-state index in [1.807, 2.05) is 0 Å². The van der Waals surface area contributed by atoms with Gasteiger partial charge in [0, 0.05) is 11.8 Å². The fourth-order valence-corrected chi connectivity index (χ4v) is 3.26. The summed E-state index contributed by atoms with van der Waals surface area (Å²) in [6.07, 6.45) is 0. The molecule has 2 heterocycles. The Morgan fingerprint density at radius 3 is 2.96 bits per heavy atom. The summed E-state index contributed by atoms with van der Waals surface area (Å²) in [4.78, 5) is 12.5. The molecular weight excluding hydrogens is 373 g/mol. The molecule has 0 unspecified atom stereocenters. The molecule has 0 aliphatic carbocycles. The van der Waals surface area contributed by atoms with E-state index in [0.29, 0.717) is 28.0 Å². The van der Waals surface area contributed by atoms with Gasteiger partial charge in [-0.25, -0.2) is 4.39 Å². The number of carbonyl (C=O) groups excluding carboxylic acids is 1. The normalized spacial score (nSPS) is 13.4. The van der Waals surface area contributed by atoms with Gasteiger partial charge in [-0.3, -0.25) is 4.79 Å². The molecule has 4 rings (SSSR count). The summed E-state index contributed by atoms with van der Waals surface area (Å²) < 4.78 is 25.4. The number of fused-ring (bicyclic) bond motifs is 1. The zero-order valence-electron chi connectivity index (χ0n) is 14.1. The van der Waals surface area contributed by atoms with Crippen LogP contribution in [0.15, 0.2) is 47.6 Å². The summed E-state index contributed by atoms with van der Waals surface area (Å²) in [7, 11) is 0. The second-order valence-corrected chi connectivity index (χ2v) is 6.98. The first-order valence-corrected chi connectivity index (χ1v) is 8.89. The summed E-state index contributed by atoms with van der Waals surface area (Å²) in [6.45, 7) is 1.90. The van der Waals surface area contributed by atoms with Crippen molar-refractivity contribution in [3.05, 3.63) is 48.3 Å². The highest BCUT2D eigenvalue weighted by molar-refractivity contribution is 8.00. The van der Waals surface area contributed by atoms with E-state index in [4.69, 9.17) is 9.47 Å². The Bertz CT molecular complexity index is 996. The number of aromatic nitrogens is 4. The Kier molecular flexibility index (Phi) is 4.63. The lowest BCUT2D eigenvalue weighted by Crippen LogP contribution is -2.22. The van der Waals surface area contributed by atoms with Crippen LogP contribution < -0.4 is 14.8 Å². The van der Waals surface area contributed by atoms with E-state index in [0.717, 1.165) is 0 Å². The van der Waals surface area contributed by atoms with Gasteiger partial charge in [0.25, 0.3) is 0 Å². The lowest BCUT2D eigenvalue weighted by Gasteiger charge is -2.12. The van der Waals surface area contributed by atoms with Crippen LogP contribution in [0.4, 0.5) is 10.1 Å². The summed E-state index contributed by atoms with van der Waals surface area (Å²) in [5.41, 5.74) is 1.08. The van der Waals surface area contributed by atoms with E-state index in [1.165, 1.54) is 28.6 Å². The Labute approximate surface area is 157 Å². The zero-order valence-corrected chi connectivity index (χ0v) is 14.9. The van der Waals surface area contributed by atoms with Gasteiger partial charge in [0.2, 0.25) is 17.9 Å². The molecule has 0 saturated carbocycles. The molecule has 1 aromatic heterocycles.